The van der Waals surface area contributed by atoms with E-state index in [0.29, 0.717) is 12.2 Å². The molecule has 5 heteroatoms. The van der Waals surface area contributed by atoms with E-state index in [0.717, 1.165) is 10.7 Å². The average Bonchev–Trinajstić information content (AvgIpc) is 2.11. The van der Waals surface area contributed by atoms with Gasteiger partial charge in [-0.2, -0.15) is 0 Å². The van der Waals surface area contributed by atoms with E-state index in [4.69, 9.17) is 4.74 Å². The SMILES string of the molecule is CCOC(=O)c1cc(I)cc(I)c1I. The third kappa shape index (κ3) is 3.19. The van der Waals surface area contributed by atoms with Crippen LogP contribution in [0.2, 0.25) is 0 Å². The van der Waals surface area contributed by atoms with E-state index >= 15 is 0 Å². The number of rotatable bonds is 2. The molecule has 1 aromatic carbocycles. The fourth-order valence-corrected chi connectivity index (χ4v) is 3.29. The summed E-state index contributed by atoms with van der Waals surface area (Å²) in [7, 11) is 0. The Hall–Kier alpha value is 0.880. The summed E-state index contributed by atoms with van der Waals surface area (Å²) in [6, 6.07) is 3.88. The van der Waals surface area contributed by atoms with Crippen LogP contribution in [0.1, 0.15) is 17.3 Å². The molecular weight excluding hydrogens is 521 g/mol. The Morgan fingerprint density at radius 1 is 1.36 bits per heavy atom. The summed E-state index contributed by atoms with van der Waals surface area (Å²) < 4.78 is 8.06. The number of carbonyl (C=O) groups is 1. The van der Waals surface area contributed by atoms with Crippen molar-refractivity contribution in [1.82, 2.24) is 0 Å². The number of benzene rings is 1. The lowest BCUT2D eigenvalue weighted by Crippen LogP contribution is -2.08. The van der Waals surface area contributed by atoms with Gasteiger partial charge >= 0.3 is 5.97 Å². The normalized spacial score (nSPS) is 10.0. The second kappa shape index (κ2) is 5.83. The number of hydrogen-bond acceptors (Lipinski definition) is 2. The monoisotopic (exact) mass is 528 g/mol. The Morgan fingerprint density at radius 3 is 2.57 bits per heavy atom. The maximum atomic E-state index is 11.5. The summed E-state index contributed by atoms with van der Waals surface area (Å²) in [6.45, 7) is 2.22. The third-order valence-corrected chi connectivity index (χ3v) is 5.16. The predicted molar refractivity (Wildman–Crippen MR) is 80.5 cm³/mol. The molecule has 0 fully saturated rings. The van der Waals surface area contributed by atoms with E-state index in [1.54, 1.807) is 0 Å². The molecule has 0 saturated carbocycles. The van der Waals surface area contributed by atoms with Gasteiger partial charge in [-0.25, -0.2) is 4.79 Å². The molecular formula is C9H7I3O2. The second-order valence-corrected chi connectivity index (χ2v) is 5.96. The van der Waals surface area contributed by atoms with Crippen molar-refractivity contribution in [3.8, 4) is 0 Å². The molecule has 14 heavy (non-hydrogen) atoms. The highest BCUT2D eigenvalue weighted by Crippen LogP contribution is 2.23. The van der Waals surface area contributed by atoms with E-state index < -0.39 is 0 Å². The lowest BCUT2D eigenvalue weighted by molar-refractivity contribution is 0.0525. The molecule has 0 N–H and O–H groups in total. The smallest absolute Gasteiger partial charge is 0.339 e. The van der Waals surface area contributed by atoms with Gasteiger partial charge in [0.15, 0.2) is 0 Å². The standard InChI is InChI=1S/C9H7I3O2/c1-2-14-9(13)6-3-5(10)4-7(11)8(6)12/h3-4H,2H2,1H3. The summed E-state index contributed by atoms with van der Waals surface area (Å²) in [4.78, 5) is 11.5. The van der Waals surface area contributed by atoms with Gasteiger partial charge in [0.2, 0.25) is 0 Å². The van der Waals surface area contributed by atoms with Crippen molar-refractivity contribution in [2.24, 2.45) is 0 Å². The Kier molecular flexibility index (Phi) is 5.39. The van der Waals surface area contributed by atoms with Crippen LogP contribution in [0.25, 0.3) is 0 Å². The maximum Gasteiger partial charge on any atom is 0.339 e. The van der Waals surface area contributed by atoms with Crippen molar-refractivity contribution in [1.29, 1.82) is 0 Å². The molecule has 76 valence electrons. The van der Waals surface area contributed by atoms with Crippen molar-refractivity contribution in [3.63, 3.8) is 0 Å². The van der Waals surface area contributed by atoms with Crippen LogP contribution in [0, 0.1) is 10.7 Å². The largest absolute Gasteiger partial charge is 0.462 e. The first kappa shape index (κ1) is 12.9. The predicted octanol–water partition coefficient (Wildman–Crippen LogP) is 3.68. The van der Waals surface area contributed by atoms with Crippen LogP contribution in [0.3, 0.4) is 0 Å². The minimum atomic E-state index is -0.242. The minimum Gasteiger partial charge on any atom is -0.462 e. The van der Waals surface area contributed by atoms with E-state index in [2.05, 4.69) is 67.8 Å². The molecule has 0 bridgehead atoms. The highest BCUT2D eigenvalue weighted by atomic mass is 127. The summed E-state index contributed by atoms with van der Waals surface area (Å²) in [6.07, 6.45) is 0. The zero-order valence-corrected chi connectivity index (χ0v) is 13.8. The molecule has 0 atom stereocenters. The van der Waals surface area contributed by atoms with Crippen LogP contribution in [0.4, 0.5) is 0 Å². The van der Waals surface area contributed by atoms with Crippen LogP contribution in [-0.2, 0) is 4.74 Å². The van der Waals surface area contributed by atoms with Crippen molar-refractivity contribution in [2.45, 2.75) is 6.92 Å². The Balaban J connectivity index is 3.13. The molecule has 2 nitrogen and oxygen atoms in total. The first-order chi connectivity index (χ1) is 6.56. The molecule has 0 amide bonds. The molecule has 0 spiro atoms. The van der Waals surface area contributed by atoms with Crippen molar-refractivity contribution < 1.29 is 9.53 Å². The molecule has 1 rings (SSSR count). The number of carbonyl (C=O) groups excluding carboxylic acids is 1. The van der Waals surface area contributed by atoms with Gasteiger partial charge in [-0.1, -0.05) is 0 Å². The first-order valence-corrected chi connectivity index (χ1v) is 7.11. The molecule has 0 saturated heterocycles. The van der Waals surface area contributed by atoms with Crippen LogP contribution in [0.15, 0.2) is 12.1 Å². The summed E-state index contributed by atoms with van der Waals surface area (Å²) >= 11 is 6.58. The number of esters is 1. The van der Waals surface area contributed by atoms with Gasteiger partial charge in [0.25, 0.3) is 0 Å². The molecule has 0 radical (unpaired) electrons. The van der Waals surface area contributed by atoms with Gasteiger partial charge in [-0.15, -0.1) is 0 Å². The third-order valence-electron chi connectivity index (χ3n) is 1.49. The van der Waals surface area contributed by atoms with Crippen LogP contribution in [0.5, 0.6) is 0 Å². The van der Waals surface area contributed by atoms with E-state index in [1.165, 1.54) is 0 Å². The topological polar surface area (TPSA) is 26.3 Å². The number of ether oxygens (including phenoxy) is 1. The Labute approximate surface area is 124 Å². The summed E-state index contributed by atoms with van der Waals surface area (Å²) in [5.41, 5.74) is 0.656. The Morgan fingerprint density at radius 2 is 2.00 bits per heavy atom. The first-order valence-electron chi connectivity index (χ1n) is 3.88. The van der Waals surface area contributed by atoms with Crippen molar-refractivity contribution in [3.05, 3.63) is 28.4 Å². The van der Waals surface area contributed by atoms with Gasteiger partial charge < -0.3 is 4.74 Å². The lowest BCUT2D eigenvalue weighted by atomic mass is 10.2. The molecule has 0 aromatic heterocycles. The molecule has 0 unspecified atom stereocenters. The zero-order chi connectivity index (χ0) is 10.7. The van der Waals surface area contributed by atoms with E-state index in [-0.39, 0.29) is 5.97 Å². The quantitative estimate of drug-likeness (QED) is 0.333. The molecule has 1 aromatic rings. The second-order valence-electron chi connectivity index (χ2n) is 2.47. The van der Waals surface area contributed by atoms with E-state index in [1.807, 2.05) is 19.1 Å². The van der Waals surface area contributed by atoms with Gasteiger partial charge in [0, 0.05) is 10.7 Å². The van der Waals surface area contributed by atoms with Crippen LogP contribution in [-0.4, -0.2) is 12.6 Å². The molecule has 0 heterocycles. The molecule has 0 aliphatic carbocycles. The zero-order valence-electron chi connectivity index (χ0n) is 7.31. The maximum absolute atomic E-state index is 11.5. The highest BCUT2D eigenvalue weighted by Gasteiger charge is 2.14. The summed E-state index contributed by atoms with van der Waals surface area (Å²) in [5.74, 6) is -0.242. The van der Waals surface area contributed by atoms with Gasteiger partial charge in [-0.3, -0.25) is 0 Å². The van der Waals surface area contributed by atoms with Crippen LogP contribution >= 0.6 is 67.8 Å². The lowest BCUT2D eigenvalue weighted by Gasteiger charge is -2.06. The van der Waals surface area contributed by atoms with Gasteiger partial charge in [-0.05, 0) is 86.8 Å². The highest BCUT2D eigenvalue weighted by molar-refractivity contribution is 14.1. The van der Waals surface area contributed by atoms with Crippen molar-refractivity contribution in [2.75, 3.05) is 6.61 Å². The number of halogens is 3. The average molecular weight is 528 g/mol. The summed E-state index contributed by atoms with van der Waals surface area (Å²) in [5, 5.41) is 0. The van der Waals surface area contributed by atoms with Gasteiger partial charge in [0.1, 0.15) is 0 Å². The van der Waals surface area contributed by atoms with Crippen molar-refractivity contribution >= 4 is 73.7 Å². The number of hydrogen-bond donors (Lipinski definition) is 0. The minimum absolute atomic E-state index is 0.242. The fraction of sp³-hybridized carbons (Fsp3) is 0.222. The Bertz CT molecular complexity index is 363. The fourth-order valence-electron chi connectivity index (χ4n) is 0.913. The molecule has 0 aliphatic heterocycles. The van der Waals surface area contributed by atoms with Gasteiger partial charge in [0.05, 0.1) is 12.2 Å². The van der Waals surface area contributed by atoms with Crippen LogP contribution < -0.4 is 0 Å². The molecule has 0 aliphatic rings. The van der Waals surface area contributed by atoms with E-state index in [9.17, 15) is 4.79 Å².